The monoisotopic (exact) mass is 312 g/mol. The molecule has 1 aliphatic heterocycles. The summed E-state index contributed by atoms with van der Waals surface area (Å²) in [5.74, 6) is -5.55. The van der Waals surface area contributed by atoms with E-state index in [0.717, 1.165) is 23.3 Å². The summed E-state index contributed by atoms with van der Waals surface area (Å²) in [4.78, 5) is 2.50. The molecule has 0 saturated heterocycles. The van der Waals surface area contributed by atoms with E-state index in [9.17, 15) is 17.6 Å². The smallest absolute Gasteiger partial charge is 0.253 e. The average Bonchev–Trinajstić information content (AvgIpc) is 2.96. The molecule has 1 aromatic heterocycles. The van der Waals surface area contributed by atoms with Gasteiger partial charge in [-0.1, -0.05) is 12.1 Å². The van der Waals surface area contributed by atoms with E-state index < -0.39 is 29.2 Å². The van der Waals surface area contributed by atoms with Crippen LogP contribution in [0.4, 0.5) is 23.2 Å². The van der Waals surface area contributed by atoms with E-state index in [0.29, 0.717) is 13.0 Å². The highest BCUT2D eigenvalue weighted by atomic mass is 19.2. The van der Waals surface area contributed by atoms with Gasteiger partial charge in [-0.05, 0) is 23.6 Å². The number of ether oxygens (including phenoxy) is 1. The Labute approximate surface area is 123 Å². The molecule has 0 spiro atoms. The van der Waals surface area contributed by atoms with E-state index in [1.807, 2.05) is 18.2 Å². The second kappa shape index (κ2) is 5.82. The SMILES string of the molecule is Fc1nc(F)c(F)c(NCCc2ccc3c(c2)CCO3)c1F. The first-order valence-electron chi connectivity index (χ1n) is 6.74. The van der Waals surface area contributed by atoms with Crippen LogP contribution >= 0.6 is 0 Å². The van der Waals surface area contributed by atoms with Crippen molar-refractivity contribution < 1.29 is 22.3 Å². The van der Waals surface area contributed by atoms with Crippen molar-refractivity contribution in [2.45, 2.75) is 12.8 Å². The molecule has 2 aromatic rings. The van der Waals surface area contributed by atoms with Crippen molar-refractivity contribution in [3.8, 4) is 5.75 Å². The number of fused-ring (bicyclic) bond motifs is 1. The molecular weight excluding hydrogens is 300 g/mol. The molecule has 0 saturated carbocycles. The highest BCUT2D eigenvalue weighted by molar-refractivity contribution is 5.46. The molecule has 2 heterocycles. The number of halogens is 4. The van der Waals surface area contributed by atoms with Gasteiger partial charge in [0.2, 0.25) is 11.6 Å². The van der Waals surface area contributed by atoms with Gasteiger partial charge < -0.3 is 10.1 Å². The van der Waals surface area contributed by atoms with Crippen LogP contribution in [0.2, 0.25) is 0 Å². The molecule has 0 radical (unpaired) electrons. The van der Waals surface area contributed by atoms with E-state index in [1.54, 1.807) is 0 Å². The molecule has 116 valence electrons. The number of hydrogen-bond donors (Lipinski definition) is 1. The van der Waals surface area contributed by atoms with Gasteiger partial charge >= 0.3 is 0 Å². The molecule has 1 N–H and O–H groups in total. The Morgan fingerprint density at radius 2 is 1.82 bits per heavy atom. The van der Waals surface area contributed by atoms with Gasteiger partial charge in [-0.25, -0.2) is 0 Å². The number of nitrogens with one attached hydrogen (secondary N) is 1. The highest BCUT2D eigenvalue weighted by Crippen LogP contribution is 2.26. The summed E-state index contributed by atoms with van der Waals surface area (Å²) in [7, 11) is 0. The first-order chi connectivity index (χ1) is 10.6. The maximum Gasteiger partial charge on any atom is 0.253 e. The fourth-order valence-corrected chi connectivity index (χ4v) is 2.37. The van der Waals surface area contributed by atoms with Crippen molar-refractivity contribution in [1.29, 1.82) is 0 Å². The van der Waals surface area contributed by atoms with Crippen LogP contribution in [0.25, 0.3) is 0 Å². The van der Waals surface area contributed by atoms with Crippen LogP contribution in [-0.4, -0.2) is 18.1 Å². The Balaban J connectivity index is 1.69. The third-order valence-corrected chi connectivity index (χ3v) is 3.47. The summed E-state index contributed by atoms with van der Waals surface area (Å²) >= 11 is 0. The average molecular weight is 312 g/mol. The van der Waals surface area contributed by atoms with Crippen molar-refractivity contribution in [3.05, 3.63) is 52.9 Å². The largest absolute Gasteiger partial charge is 0.493 e. The third kappa shape index (κ3) is 2.70. The van der Waals surface area contributed by atoms with Crippen molar-refractivity contribution >= 4 is 5.69 Å². The van der Waals surface area contributed by atoms with Gasteiger partial charge in [0.05, 0.1) is 6.61 Å². The minimum atomic E-state index is -1.67. The Kier molecular flexibility index (Phi) is 3.87. The lowest BCUT2D eigenvalue weighted by molar-refractivity contribution is 0.357. The van der Waals surface area contributed by atoms with Crippen LogP contribution in [0.15, 0.2) is 18.2 Å². The zero-order valence-corrected chi connectivity index (χ0v) is 11.4. The van der Waals surface area contributed by atoms with E-state index in [2.05, 4.69) is 10.3 Å². The maximum absolute atomic E-state index is 13.4. The number of anilines is 1. The Bertz CT molecular complexity index is 695. The molecule has 3 nitrogen and oxygen atoms in total. The van der Waals surface area contributed by atoms with Crippen LogP contribution in [0.1, 0.15) is 11.1 Å². The predicted octanol–water partition coefficient (Wildman–Crippen LogP) is 3.23. The van der Waals surface area contributed by atoms with Gasteiger partial charge in [-0.3, -0.25) is 0 Å². The molecular formula is C15H12F4N2O. The quantitative estimate of drug-likeness (QED) is 0.695. The van der Waals surface area contributed by atoms with Gasteiger partial charge in [-0.15, -0.1) is 0 Å². The third-order valence-electron chi connectivity index (χ3n) is 3.47. The van der Waals surface area contributed by atoms with E-state index >= 15 is 0 Å². The van der Waals surface area contributed by atoms with Crippen molar-refractivity contribution in [1.82, 2.24) is 4.98 Å². The summed E-state index contributed by atoms with van der Waals surface area (Å²) in [6.45, 7) is 0.763. The Hall–Kier alpha value is -2.31. The second-order valence-corrected chi connectivity index (χ2v) is 4.91. The zero-order valence-electron chi connectivity index (χ0n) is 11.4. The van der Waals surface area contributed by atoms with Gasteiger partial charge in [0.25, 0.3) is 11.9 Å². The molecule has 7 heteroatoms. The molecule has 22 heavy (non-hydrogen) atoms. The lowest BCUT2D eigenvalue weighted by Crippen LogP contribution is -2.12. The molecule has 0 aliphatic carbocycles. The molecule has 0 amide bonds. The number of aromatic nitrogens is 1. The van der Waals surface area contributed by atoms with E-state index in [4.69, 9.17) is 4.74 Å². The summed E-state index contributed by atoms with van der Waals surface area (Å²) in [6.07, 6.45) is 1.26. The highest BCUT2D eigenvalue weighted by Gasteiger charge is 2.20. The molecule has 0 unspecified atom stereocenters. The van der Waals surface area contributed by atoms with E-state index in [1.165, 1.54) is 0 Å². The van der Waals surface area contributed by atoms with Gasteiger partial charge in [-0.2, -0.15) is 22.5 Å². The van der Waals surface area contributed by atoms with Crippen LogP contribution in [0, 0.1) is 23.5 Å². The maximum atomic E-state index is 13.4. The minimum absolute atomic E-state index is 0.121. The van der Waals surface area contributed by atoms with Gasteiger partial charge in [0.1, 0.15) is 11.4 Å². The molecule has 0 bridgehead atoms. The van der Waals surface area contributed by atoms with E-state index in [-0.39, 0.29) is 6.54 Å². The number of hydrogen-bond acceptors (Lipinski definition) is 3. The van der Waals surface area contributed by atoms with Crippen LogP contribution in [-0.2, 0) is 12.8 Å². The molecule has 0 atom stereocenters. The fourth-order valence-electron chi connectivity index (χ4n) is 2.37. The first-order valence-corrected chi connectivity index (χ1v) is 6.74. The molecule has 1 aliphatic rings. The van der Waals surface area contributed by atoms with Crippen molar-refractivity contribution in [3.63, 3.8) is 0 Å². The number of nitrogens with zero attached hydrogens (tertiary/aromatic N) is 1. The summed E-state index contributed by atoms with van der Waals surface area (Å²) in [6, 6.07) is 5.63. The zero-order chi connectivity index (χ0) is 15.7. The van der Waals surface area contributed by atoms with Crippen LogP contribution in [0.5, 0.6) is 5.75 Å². The lowest BCUT2D eigenvalue weighted by atomic mass is 10.1. The lowest BCUT2D eigenvalue weighted by Gasteiger charge is -2.10. The standard InChI is InChI=1S/C15H12F4N2O/c16-11-13(12(17)15(19)21-14(11)18)20-5-3-8-1-2-10-9(7-8)4-6-22-10/h1-2,7H,3-6H2,(H,20,21). The van der Waals surface area contributed by atoms with Crippen LogP contribution < -0.4 is 10.1 Å². The van der Waals surface area contributed by atoms with Crippen LogP contribution in [0.3, 0.4) is 0 Å². The number of benzene rings is 1. The summed E-state index contributed by atoms with van der Waals surface area (Å²) in [5, 5.41) is 2.38. The summed E-state index contributed by atoms with van der Waals surface area (Å²) < 4.78 is 58.2. The normalized spacial score (nSPS) is 12.9. The first kappa shape index (κ1) is 14.6. The fraction of sp³-hybridized carbons (Fsp3) is 0.267. The number of rotatable bonds is 4. The second-order valence-electron chi connectivity index (χ2n) is 4.91. The van der Waals surface area contributed by atoms with Gasteiger partial charge in [0, 0.05) is 13.0 Å². The predicted molar refractivity (Wildman–Crippen MR) is 71.9 cm³/mol. The topological polar surface area (TPSA) is 34.2 Å². The Morgan fingerprint density at radius 1 is 1.09 bits per heavy atom. The molecule has 3 rings (SSSR count). The summed E-state index contributed by atoms with van der Waals surface area (Å²) in [5.41, 5.74) is 1.18. The minimum Gasteiger partial charge on any atom is -0.493 e. The van der Waals surface area contributed by atoms with Gasteiger partial charge in [0.15, 0.2) is 0 Å². The van der Waals surface area contributed by atoms with Crippen molar-refractivity contribution in [2.75, 3.05) is 18.5 Å². The molecule has 1 aromatic carbocycles. The molecule has 0 fully saturated rings. The van der Waals surface area contributed by atoms with Crippen molar-refractivity contribution in [2.24, 2.45) is 0 Å². The Morgan fingerprint density at radius 3 is 2.55 bits per heavy atom. The number of pyridine rings is 1.